The van der Waals surface area contributed by atoms with Gasteiger partial charge >= 0.3 is 37.7 Å². The van der Waals surface area contributed by atoms with Crippen LogP contribution in [0.25, 0.3) is 21.8 Å². The Labute approximate surface area is 194 Å². The van der Waals surface area contributed by atoms with E-state index in [0.29, 0.717) is 21.8 Å². The van der Waals surface area contributed by atoms with Gasteiger partial charge in [0.25, 0.3) is 0 Å². The summed E-state index contributed by atoms with van der Waals surface area (Å²) in [5.74, 6) is -3.70. The Morgan fingerprint density at radius 3 is 1.38 bits per heavy atom. The monoisotopic (exact) mass is 416 g/mol. The summed E-state index contributed by atoms with van der Waals surface area (Å²) in [6, 6.07) is 16.6. The maximum absolute atomic E-state index is 10.5. The second-order valence-electron chi connectivity index (χ2n) is 5.67. The number of rotatable bonds is 2. The fourth-order valence-corrected chi connectivity index (χ4v) is 2.51. The summed E-state index contributed by atoms with van der Waals surface area (Å²) in [7, 11) is 0. The van der Waals surface area contributed by atoms with Gasteiger partial charge in [0.2, 0.25) is 0 Å². The van der Waals surface area contributed by atoms with Crippen LogP contribution in [0.5, 0.6) is 11.5 Å². The second-order valence-corrected chi connectivity index (χ2v) is 5.67. The quantitative estimate of drug-likeness (QED) is 0.441. The van der Waals surface area contributed by atoms with Gasteiger partial charge in [-0.3, -0.25) is 0 Å². The fourth-order valence-electron chi connectivity index (χ4n) is 2.51. The molecule has 0 radical (unpaired) electrons. The van der Waals surface area contributed by atoms with Crippen molar-refractivity contribution in [2.45, 2.75) is 0 Å². The zero-order valence-corrected chi connectivity index (χ0v) is 17.1. The molecule has 0 unspecified atom stereocenters. The van der Waals surface area contributed by atoms with Gasteiger partial charge in [-0.1, -0.05) is 36.4 Å². The third kappa shape index (κ3) is 5.11. The number of aromatic hydroxyl groups is 2. The van der Waals surface area contributed by atoms with Gasteiger partial charge in [-0.25, -0.2) is 9.97 Å². The molecule has 9 heteroatoms. The van der Waals surface area contributed by atoms with E-state index in [4.69, 9.17) is 0 Å². The molecule has 2 N–H and O–H groups in total. The Balaban J connectivity index is 0.000000200. The number of hydrogen-bond donors (Lipinski definition) is 2. The maximum Gasteiger partial charge on any atom is 2.00 e. The number of nitrogens with zero attached hydrogens (tertiary/aromatic N) is 2. The number of carbonyl (C=O) groups is 2. The SMILES string of the molecule is O=C([O-])c1nc2ccccc2cc1O.O=C([O-])c1nc2ccccc2cc1O.[Ca+2]. The Morgan fingerprint density at radius 1 is 0.690 bits per heavy atom. The van der Waals surface area contributed by atoms with Crippen LogP contribution in [0.15, 0.2) is 60.7 Å². The smallest absolute Gasteiger partial charge is 0.543 e. The van der Waals surface area contributed by atoms with Gasteiger partial charge in [0.15, 0.2) is 0 Å². The van der Waals surface area contributed by atoms with E-state index in [1.165, 1.54) is 12.1 Å². The van der Waals surface area contributed by atoms with E-state index in [-0.39, 0.29) is 49.2 Å². The molecule has 140 valence electrons. The molecule has 0 aliphatic carbocycles. The fraction of sp³-hybridized carbons (Fsp3) is 0. The number of hydrogen-bond acceptors (Lipinski definition) is 8. The van der Waals surface area contributed by atoms with Gasteiger partial charge in [0.05, 0.1) is 23.0 Å². The molecule has 2 aromatic carbocycles. The van der Waals surface area contributed by atoms with Crippen molar-refractivity contribution in [2.24, 2.45) is 0 Å². The topological polar surface area (TPSA) is 146 Å². The van der Waals surface area contributed by atoms with Crippen molar-refractivity contribution in [3.05, 3.63) is 72.1 Å². The van der Waals surface area contributed by atoms with Gasteiger partial charge in [0, 0.05) is 10.8 Å². The Bertz CT molecular complexity index is 1120. The molecule has 0 bridgehead atoms. The molecule has 0 amide bonds. The number of pyridine rings is 2. The van der Waals surface area contributed by atoms with E-state index in [1.54, 1.807) is 48.5 Å². The van der Waals surface area contributed by atoms with Crippen LogP contribution in [0.3, 0.4) is 0 Å². The zero-order valence-electron chi connectivity index (χ0n) is 14.9. The summed E-state index contributed by atoms with van der Waals surface area (Å²) in [4.78, 5) is 28.6. The first-order valence-corrected chi connectivity index (χ1v) is 7.97. The Kier molecular flexibility index (Phi) is 7.33. The molecule has 0 fully saturated rings. The predicted molar refractivity (Wildman–Crippen MR) is 101 cm³/mol. The van der Waals surface area contributed by atoms with Gasteiger partial charge < -0.3 is 30.0 Å². The van der Waals surface area contributed by atoms with Gasteiger partial charge in [0.1, 0.15) is 22.9 Å². The molecule has 0 saturated carbocycles. The minimum atomic E-state index is -1.48. The van der Waals surface area contributed by atoms with Crippen molar-refractivity contribution >= 4 is 71.5 Å². The first kappa shape index (κ1) is 22.3. The third-order valence-electron chi connectivity index (χ3n) is 3.79. The van der Waals surface area contributed by atoms with Crippen molar-refractivity contribution in [1.29, 1.82) is 0 Å². The molecule has 4 rings (SSSR count). The van der Waals surface area contributed by atoms with Crippen LogP contribution in [0.4, 0.5) is 0 Å². The van der Waals surface area contributed by atoms with E-state index >= 15 is 0 Å². The number of aromatic nitrogens is 2. The van der Waals surface area contributed by atoms with Gasteiger partial charge in [-0.15, -0.1) is 0 Å². The minimum absolute atomic E-state index is 0. The minimum Gasteiger partial charge on any atom is -0.543 e. The molecular formula is C20H12CaN2O6. The van der Waals surface area contributed by atoms with Crippen molar-refractivity contribution in [2.75, 3.05) is 0 Å². The number of aromatic carboxylic acids is 2. The first-order valence-electron chi connectivity index (χ1n) is 7.97. The van der Waals surface area contributed by atoms with Crippen LogP contribution in [-0.4, -0.2) is 69.9 Å². The Hall–Kier alpha value is -2.94. The molecule has 0 atom stereocenters. The third-order valence-corrected chi connectivity index (χ3v) is 3.79. The average molecular weight is 416 g/mol. The summed E-state index contributed by atoms with van der Waals surface area (Å²) in [6.07, 6.45) is 0. The molecule has 0 saturated heterocycles. The van der Waals surface area contributed by atoms with Crippen LogP contribution in [0.1, 0.15) is 21.0 Å². The van der Waals surface area contributed by atoms with Gasteiger partial charge in [-0.2, -0.15) is 0 Å². The number of carboxylic acids is 2. The normalized spacial score (nSPS) is 9.93. The Morgan fingerprint density at radius 2 is 1.03 bits per heavy atom. The molecule has 0 aliphatic rings. The molecule has 2 heterocycles. The second kappa shape index (κ2) is 9.51. The number of benzene rings is 2. The summed E-state index contributed by atoms with van der Waals surface area (Å²) >= 11 is 0. The summed E-state index contributed by atoms with van der Waals surface area (Å²) < 4.78 is 0. The molecule has 8 nitrogen and oxygen atoms in total. The van der Waals surface area contributed by atoms with Crippen LogP contribution < -0.4 is 10.2 Å². The van der Waals surface area contributed by atoms with Crippen LogP contribution in [0.2, 0.25) is 0 Å². The summed E-state index contributed by atoms with van der Waals surface area (Å²) in [5.41, 5.74) is 0.182. The van der Waals surface area contributed by atoms with E-state index in [9.17, 15) is 30.0 Å². The molecule has 29 heavy (non-hydrogen) atoms. The van der Waals surface area contributed by atoms with Crippen LogP contribution >= 0.6 is 0 Å². The van der Waals surface area contributed by atoms with Crippen molar-refractivity contribution in [3.8, 4) is 11.5 Å². The molecule has 0 spiro atoms. The summed E-state index contributed by atoms with van der Waals surface area (Å²) in [6.45, 7) is 0. The van der Waals surface area contributed by atoms with Gasteiger partial charge in [-0.05, 0) is 24.3 Å². The number of carboxylic acid groups (broad SMARTS) is 2. The maximum atomic E-state index is 10.5. The number of para-hydroxylation sites is 2. The largest absolute Gasteiger partial charge is 2.00 e. The number of fused-ring (bicyclic) bond motifs is 2. The van der Waals surface area contributed by atoms with E-state index in [0.717, 1.165) is 0 Å². The molecule has 4 aromatic rings. The number of carbonyl (C=O) groups excluding carboxylic acids is 2. The van der Waals surface area contributed by atoms with Crippen molar-refractivity contribution < 1.29 is 30.0 Å². The predicted octanol–water partition coefficient (Wildman–Crippen LogP) is 0.227. The molecular weight excluding hydrogens is 404 g/mol. The average Bonchev–Trinajstić information content (AvgIpc) is 2.67. The zero-order chi connectivity index (χ0) is 20.3. The van der Waals surface area contributed by atoms with E-state index in [1.807, 2.05) is 0 Å². The summed E-state index contributed by atoms with van der Waals surface area (Å²) in [5, 5.41) is 41.0. The van der Waals surface area contributed by atoms with E-state index < -0.39 is 23.3 Å². The molecule has 2 aromatic heterocycles. The van der Waals surface area contributed by atoms with E-state index in [2.05, 4.69) is 9.97 Å². The standard InChI is InChI=1S/2C10H7NO3.Ca/c2*12-8-5-6-3-1-2-4-7(6)11-9(8)10(13)14;/h2*1-5,12H,(H,13,14);/q;;+2/p-2. The van der Waals surface area contributed by atoms with Crippen LogP contribution in [0, 0.1) is 0 Å². The van der Waals surface area contributed by atoms with Crippen molar-refractivity contribution in [1.82, 2.24) is 9.97 Å². The first-order chi connectivity index (χ1) is 13.4. The van der Waals surface area contributed by atoms with Crippen molar-refractivity contribution in [3.63, 3.8) is 0 Å². The van der Waals surface area contributed by atoms with Crippen LogP contribution in [-0.2, 0) is 0 Å². The molecule has 0 aliphatic heterocycles.